The third kappa shape index (κ3) is 9.24. The average Bonchev–Trinajstić information content (AvgIpc) is 3.01. The molecule has 1 unspecified atom stereocenters. The first-order valence-electron chi connectivity index (χ1n) is 11.1. The lowest BCUT2D eigenvalue weighted by Gasteiger charge is -2.19. The molecule has 0 aromatic heterocycles. The molecule has 1 fully saturated rings. The SMILES string of the molecule is C.C=C(C)CCC/C=C\C[C@H]1CC[C@@H](C)C1/C=C/[C@@H](O)CCC1=CCCC=C1. The van der Waals surface area contributed by atoms with Crippen LogP contribution in [-0.4, -0.2) is 11.2 Å². The second-order valence-electron chi connectivity index (χ2n) is 8.70. The summed E-state index contributed by atoms with van der Waals surface area (Å²) in [6.07, 6.45) is 27.1. The van der Waals surface area contributed by atoms with Crippen molar-refractivity contribution in [3.63, 3.8) is 0 Å². The highest BCUT2D eigenvalue weighted by Gasteiger charge is 2.30. The lowest BCUT2D eigenvalue weighted by atomic mass is 9.87. The van der Waals surface area contributed by atoms with Crippen molar-refractivity contribution in [2.45, 2.75) is 91.6 Å². The zero-order chi connectivity index (χ0) is 19.5. The fraction of sp³-hybridized carbons (Fsp3) is 0.630. The molecule has 0 radical (unpaired) electrons. The number of rotatable bonds is 11. The van der Waals surface area contributed by atoms with E-state index in [9.17, 15) is 5.11 Å². The number of aliphatic hydroxyl groups is 1. The van der Waals surface area contributed by atoms with E-state index in [4.69, 9.17) is 0 Å². The molecule has 2 rings (SSSR count). The van der Waals surface area contributed by atoms with Crippen molar-refractivity contribution in [3.05, 3.63) is 60.3 Å². The van der Waals surface area contributed by atoms with Gasteiger partial charge in [-0.05, 0) is 88.9 Å². The zero-order valence-electron chi connectivity index (χ0n) is 17.6. The molecule has 0 aromatic carbocycles. The normalized spacial score (nSPS) is 25.8. The van der Waals surface area contributed by atoms with Gasteiger partial charge in [0, 0.05) is 0 Å². The van der Waals surface area contributed by atoms with E-state index in [1.54, 1.807) is 0 Å². The summed E-state index contributed by atoms with van der Waals surface area (Å²) >= 11 is 0. The Kier molecular flexibility index (Phi) is 12.1. The van der Waals surface area contributed by atoms with Gasteiger partial charge >= 0.3 is 0 Å². The van der Waals surface area contributed by atoms with Crippen molar-refractivity contribution >= 4 is 0 Å². The fourth-order valence-corrected chi connectivity index (χ4v) is 4.38. The predicted molar refractivity (Wildman–Crippen MR) is 125 cm³/mol. The Balaban J connectivity index is 0.00000392. The summed E-state index contributed by atoms with van der Waals surface area (Å²) in [5.41, 5.74) is 2.67. The topological polar surface area (TPSA) is 20.2 Å². The third-order valence-electron chi connectivity index (χ3n) is 6.13. The van der Waals surface area contributed by atoms with E-state index in [2.05, 4.69) is 63.0 Å². The van der Waals surface area contributed by atoms with Crippen LogP contribution < -0.4 is 0 Å². The molecule has 0 aliphatic heterocycles. The Hall–Kier alpha value is -1.34. The number of hydrogen-bond donors (Lipinski definition) is 1. The molecule has 158 valence electrons. The first-order valence-corrected chi connectivity index (χ1v) is 11.1. The molecule has 28 heavy (non-hydrogen) atoms. The number of hydrogen-bond acceptors (Lipinski definition) is 1. The summed E-state index contributed by atoms with van der Waals surface area (Å²) in [6, 6.07) is 0. The van der Waals surface area contributed by atoms with Crippen molar-refractivity contribution in [3.8, 4) is 0 Å². The summed E-state index contributed by atoms with van der Waals surface area (Å²) < 4.78 is 0. The van der Waals surface area contributed by atoms with E-state index in [0.29, 0.717) is 5.92 Å². The number of unbranched alkanes of at least 4 members (excludes halogenated alkanes) is 1. The Morgan fingerprint density at radius 2 is 2.11 bits per heavy atom. The predicted octanol–water partition coefficient (Wildman–Crippen LogP) is 7.95. The fourth-order valence-electron chi connectivity index (χ4n) is 4.38. The van der Waals surface area contributed by atoms with Crippen LogP contribution in [0.15, 0.2) is 60.3 Å². The van der Waals surface area contributed by atoms with Crippen molar-refractivity contribution in [2.75, 3.05) is 0 Å². The van der Waals surface area contributed by atoms with E-state index >= 15 is 0 Å². The van der Waals surface area contributed by atoms with Crippen LogP contribution in [0.5, 0.6) is 0 Å². The molecule has 0 saturated heterocycles. The van der Waals surface area contributed by atoms with Gasteiger partial charge in [-0.2, -0.15) is 0 Å². The Labute approximate surface area is 175 Å². The molecular weight excluding hydrogens is 340 g/mol. The van der Waals surface area contributed by atoms with Crippen LogP contribution in [0.2, 0.25) is 0 Å². The van der Waals surface area contributed by atoms with Crippen molar-refractivity contribution in [1.82, 2.24) is 0 Å². The van der Waals surface area contributed by atoms with Crippen LogP contribution in [0, 0.1) is 17.8 Å². The third-order valence-corrected chi connectivity index (χ3v) is 6.13. The molecule has 2 aliphatic rings. The molecule has 1 nitrogen and oxygen atoms in total. The van der Waals surface area contributed by atoms with Crippen molar-refractivity contribution in [2.24, 2.45) is 17.8 Å². The maximum atomic E-state index is 10.4. The van der Waals surface area contributed by atoms with E-state index < -0.39 is 0 Å². The minimum Gasteiger partial charge on any atom is -0.389 e. The lowest BCUT2D eigenvalue weighted by molar-refractivity contribution is 0.211. The van der Waals surface area contributed by atoms with E-state index in [1.165, 1.54) is 43.3 Å². The minimum atomic E-state index is -0.313. The molecule has 1 saturated carbocycles. The van der Waals surface area contributed by atoms with E-state index in [1.807, 2.05) is 0 Å². The van der Waals surface area contributed by atoms with Gasteiger partial charge in [0.05, 0.1) is 6.10 Å². The minimum absolute atomic E-state index is 0. The molecule has 0 amide bonds. The zero-order valence-corrected chi connectivity index (χ0v) is 17.6. The molecule has 2 aliphatic carbocycles. The van der Waals surface area contributed by atoms with Gasteiger partial charge in [0.2, 0.25) is 0 Å². The first-order chi connectivity index (χ1) is 13.1. The van der Waals surface area contributed by atoms with Gasteiger partial charge in [0.1, 0.15) is 0 Å². The highest BCUT2D eigenvalue weighted by Crippen LogP contribution is 2.40. The van der Waals surface area contributed by atoms with Crippen molar-refractivity contribution < 1.29 is 5.11 Å². The van der Waals surface area contributed by atoms with Gasteiger partial charge in [-0.25, -0.2) is 0 Å². The highest BCUT2D eigenvalue weighted by molar-refractivity contribution is 5.22. The van der Waals surface area contributed by atoms with Crippen LogP contribution in [0.4, 0.5) is 0 Å². The van der Waals surface area contributed by atoms with Crippen LogP contribution >= 0.6 is 0 Å². The second kappa shape index (κ2) is 13.8. The van der Waals surface area contributed by atoms with E-state index in [0.717, 1.165) is 43.9 Å². The highest BCUT2D eigenvalue weighted by atomic mass is 16.3. The van der Waals surface area contributed by atoms with Gasteiger partial charge in [-0.15, -0.1) is 6.58 Å². The smallest absolute Gasteiger partial charge is 0.0724 e. The van der Waals surface area contributed by atoms with Gasteiger partial charge in [0.15, 0.2) is 0 Å². The van der Waals surface area contributed by atoms with Crippen LogP contribution in [0.3, 0.4) is 0 Å². The standard InChI is InChI=1S/C26H40O.CH4/c1-21(2)11-7-4-5-10-14-24-17-15-22(3)26(24)20-19-25(27)18-16-23-12-8-6-9-13-23;/h5,8,10,12-13,19-20,22,24-27H,1,4,6-7,9,11,14-18H2,2-3H3;1H4/b10-5-,20-19+;/t22-,24+,25+,26?;/m1./s1. The molecule has 0 spiro atoms. The van der Waals surface area contributed by atoms with Gasteiger partial charge < -0.3 is 5.11 Å². The second-order valence-corrected chi connectivity index (χ2v) is 8.70. The molecule has 0 aromatic rings. The molecule has 0 heterocycles. The van der Waals surface area contributed by atoms with Gasteiger partial charge in [-0.1, -0.05) is 68.0 Å². The summed E-state index contributed by atoms with van der Waals surface area (Å²) in [5, 5.41) is 10.4. The Morgan fingerprint density at radius 1 is 1.29 bits per heavy atom. The van der Waals surface area contributed by atoms with Crippen molar-refractivity contribution in [1.29, 1.82) is 0 Å². The van der Waals surface area contributed by atoms with Gasteiger partial charge in [-0.3, -0.25) is 0 Å². The first kappa shape index (κ1) is 24.7. The Bertz CT molecular complexity index is 563. The number of aliphatic hydroxyl groups excluding tert-OH is 1. The Morgan fingerprint density at radius 3 is 2.82 bits per heavy atom. The number of allylic oxidation sites excluding steroid dienone is 8. The molecular formula is C27H44O. The molecule has 0 bridgehead atoms. The maximum Gasteiger partial charge on any atom is 0.0724 e. The van der Waals surface area contributed by atoms with E-state index in [-0.39, 0.29) is 13.5 Å². The monoisotopic (exact) mass is 384 g/mol. The molecule has 1 heteroatoms. The summed E-state index contributed by atoms with van der Waals surface area (Å²) in [6.45, 7) is 8.45. The van der Waals surface area contributed by atoms with Crippen LogP contribution in [-0.2, 0) is 0 Å². The lowest BCUT2D eigenvalue weighted by Crippen LogP contribution is -2.12. The largest absolute Gasteiger partial charge is 0.389 e. The molecule has 1 N–H and O–H groups in total. The van der Waals surface area contributed by atoms with Gasteiger partial charge in [0.25, 0.3) is 0 Å². The quantitative estimate of drug-likeness (QED) is 0.283. The molecule has 4 atom stereocenters. The maximum absolute atomic E-state index is 10.4. The van der Waals surface area contributed by atoms with Crippen LogP contribution in [0.25, 0.3) is 0 Å². The average molecular weight is 385 g/mol. The summed E-state index contributed by atoms with van der Waals surface area (Å²) in [7, 11) is 0. The summed E-state index contributed by atoms with van der Waals surface area (Å²) in [4.78, 5) is 0. The summed E-state index contributed by atoms with van der Waals surface area (Å²) in [5.74, 6) is 2.09. The van der Waals surface area contributed by atoms with Crippen LogP contribution in [0.1, 0.15) is 85.5 Å².